The number of hydrogen-bond donors (Lipinski definition) is 2. The van der Waals surface area contributed by atoms with E-state index in [1.807, 2.05) is 32.9 Å². The third-order valence-corrected chi connectivity index (χ3v) is 3.83. The summed E-state index contributed by atoms with van der Waals surface area (Å²) in [5, 5.41) is 13.5. The third kappa shape index (κ3) is 4.73. The Morgan fingerprint density at radius 1 is 1.20 bits per heavy atom. The highest BCUT2D eigenvalue weighted by atomic mass is 16.5. The number of ether oxygens (including phenoxy) is 2. The van der Waals surface area contributed by atoms with Gasteiger partial charge in [-0.25, -0.2) is 5.43 Å². The van der Waals surface area contributed by atoms with Crippen molar-refractivity contribution in [2.75, 3.05) is 13.7 Å². The Morgan fingerprint density at radius 3 is 2.60 bits per heavy atom. The van der Waals surface area contributed by atoms with E-state index in [0.29, 0.717) is 11.3 Å². The molecule has 0 saturated heterocycles. The Hall–Kier alpha value is -3.02. The number of methoxy groups -OCH3 is 1. The van der Waals surface area contributed by atoms with Crippen LogP contribution in [-0.2, 0) is 4.79 Å². The molecular weight excluding hydrogens is 320 g/mol. The summed E-state index contributed by atoms with van der Waals surface area (Å²) in [5.41, 5.74) is 6.13. The van der Waals surface area contributed by atoms with Crippen LogP contribution in [0.2, 0.25) is 0 Å². The molecule has 0 spiro atoms. The van der Waals surface area contributed by atoms with Crippen molar-refractivity contribution in [2.45, 2.75) is 20.8 Å². The Kier molecular flexibility index (Phi) is 6.00. The van der Waals surface area contributed by atoms with Crippen molar-refractivity contribution in [3.05, 3.63) is 52.6 Å². The van der Waals surface area contributed by atoms with E-state index in [9.17, 15) is 9.90 Å². The number of aryl methyl sites for hydroxylation is 2. The number of phenolic OH excluding ortho intramolecular Hbond substituents is 1. The summed E-state index contributed by atoms with van der Waals surface area (Å²) in [6.45, 7) is 5.77. The molecule has 2 N–H and O–H groups in total. The van der Waals surface area contributed by atoms with E-state index in [-0.39, 0.29) is 18.3 Å². The van der Waals surface area contributed by atoms with Gasteiger partial charge in [0.25, 0.3) is 5.91 Å². The Morgan fingerprint density at radius 2 is 1.92 bits per heavy atom. The maximum atomic E-state index is 11.9. The lowest BCUT2D eigenvalue weighted by Gasteiger charge is -2.13. The predicted molar refractivity (Wildman–Crippen MR) is 96.5 cm³/mol. The Balaban J connectivity index is 1.91. The Labute approximate surface area is 147 Å². The second kappa shape index (κ2) is 8.19. The minimum Gasteiger partial charge on any atom is -0.504 e. The third-order valence-electron chi connectivity index (χ3n) is 3.83. The highest BCUT2D eigenvalue weighted by molar-refractivity contribution is 5.83. The normalized spacial score (nSPS) is 10.7. The van der Waals surface area contributed by atoms with Crippen LogP contribution in [0.1, 0.15) is 22.3 Å². The zero-order chi connectivity index (χ0) is 18.4. The number of rotatable bonds is 6. The van der Waals surface area contributed by atoms with Crippen molar-refractivity contribution in [3.63, 3.8) is 0 Å². The standard InChI is InChI=1S/C19H22N2O4/c1-12-5-6-13(2)19(14(12)3)25-11-18(23)21-20-10-15-7-8-17(24-4)16(22)9-15/h5-10,22H,11H2,1-4H3,(H,21,23)/b20-10-. The fourth-order valence-corrected chi connectivity index (χ4v) is 2.28. The second-order valence-electron chi connectivity index (χ2n) is 5.67. The minimum atomic E-state index is -0.366. The number of nitrogens with zero attached hydrogens (tertiary/aromatic N) is 1. The van der Waals surface area contributed by atoms with Crippen molar-refractivity contribution in [1.29, 1.82) is 0 Å². The monoisotopic (exact) mass is 342 g/mol. The van der Waals surface area contributed by atoms with Gasteiger partial charge in [-0.15, -0.1) is 0 Å². The molecule has 0 fully saturated rings. The molecule has 2 aromatic rings. The lowest BCUT2D eigenvalue weighted by molar-refractivity contribution is -0.123. The molecule has 0 aliphatic heterocycles. The van der Waals surface area contributed by atoms with Crippen LogP contribution in [0.3, 0.4) is 0 Å². The molecule has 0 heterocycles. The minimum absolute atomic E-state index is 0.00603. The zero-order valence-electron chi connectivity index (χ0n) is 14.8. The lowest BCUT2D eigenvalue weighted by Crippen LogP contribution is -2.25. The summed E-state index contributed by atoms with van der Waals surface area (Å²) >= 11 is 0. The molecule has 132 valence electrons. The van der Waals surface area contributed by atoms with Crippen molar-refractivity contribution >= 4 is 12.1 Å². The van der Waals surface area contributed by atoms with Crippen molar-refractivity contribution in [2.24, 2.45) is 5.10 Å². The molecular formula is C19H22N2O4. The number of aromatic hydroxyl groups is 1. The highest BCUT2D eigenvalue weighted by Crippen LogP contribution is 2.26. The summed E-state index contributed by atoms with van der Waals surface area (Å²) < 4.78 is 10.6. The number of hydrazone groups is 1. The van der Waals surface area contributed by atoms with Gasteiger partial charge in [-0.05, 0) is 61.2 Å². The van der Waals surface area contributed by atoms with E-state index in [4.69, 9.17) is 9.47 Å². The van der Waals surface area contributed by atoms with Crippen molar-refractivity contribution < 1.29 is 19.4 Å². The average molecular weight is 342 g/mol. The van der Waals surface area contributed by atoms with E-state index in [1.165, 1.54) is 19.4 Å². The molecule has 0 radical (unpaired) electrons. The summed E-state index contributed by atoms with van der Waals surface area (Å²) in [4.78, 5) is 11.9. The van der Waals surface area contributed by atoms with Gasteiger partial charge in [-0.3, -0.25) is 4.79 Å². The summed E-state index contributed by atoms with van der Waals surface area (Å²) in [6.07, 6.45) is 1.43. The van der Waals surface area contributed by atoms with E-state index >= 15 is 0 Å². The second-order valence-corrected chi connectivity index (χ2v) is 5.67. The predicted octanol–water partition coefficient (Wildman–Crippen LogP) is 2.86. The van der Waals surface area contributed by atoms with Gasteiger partial charge >= 0.3 is 0 Å². The lowest BCUT2D eigenvalue weighted by atomic mass is 10.1. The number of amides is 1. The van der Waals surface area contributed by atoms with E-state index in [0.717, 1.165) is 22.4 Å². The first-order valence-electron chi connectivity index (χ1n) is 7.81. The molecule has 0 saturated carbocycles. The van der Waals surface area contributed by atoms with Gasteiger partial charge in [0.05, 0.1) is 13.3 Å². The molecule has 0 aromatic heterocycles. The fourth-order valence-electron chi connectivity index (χ4n) is 2.28. The van der Waals surface area contributed by atoms with Gasteiger partial charge in [0.15, 0.2) is 18.1 Å². The average Bonchev–Trinajstić information content (AvgIpc) is 2.58. The van der Waals surface area contributed by atoms with E-state index in [1.54, 1.807) is 12.1 Å². The molecule has 25 heavy (non-hydrogen) atoms. The summed E-state index contributed by atoms with van der Waals surface area (Å²) in [6, 6.07) is 8.80. The topological polar surface area (TPSA) is 80.2 Å². The largest absolute Gasteiger partial charge is 0.504 e. The summed E-state index contributed by atoms with van der Waals surface area (Å²) in [5.74, 6) is 0.735. The number of carbonyl (C=O) groups is 1. The first-order chi connectivity index (χ1) is 11.9. The Bertz CT molecular complexity index is 800. The van der Waals surface area contributed by atoms with Crippen LogP contribution in [0.15, 0.2) is 35.4 Å². The van der Waals surface area contributed by atoms with Crippen molar-refractivity contribution in [3.8, 4) is 17.2 Å². The maximum absolute atomic E-state index is 11.9. The highest BCUT2D eigenvalue weighted by Gasteiger charge is 2.08. The van der Waals surface area contributed by atoms with E-state index < -0.39 is 0 Å². The van der Waals surface area contributed by atoms with Gasteiger partial charge in [0.2, 0.25) is 0 Å². The molecule has 0 bridgehead atoms. The van der Waals surface area contributed by atoms with Gasteiger partial charge in [0, 0.05) is 0 Å². The molecule has 0 aliphatic carbocycles. The number of carbonyl (C=O) groups excluding carboxylic acids is 1. The first kappa shape index (κ1) is 18.3. The molecule has 6 heteroatoms. The smallest absolute Gasteiger partial charge is 0.277 e. The number of nitrogens with one attached hydrogen (secondary N) is 1. The molecule has 0 unspecified atom stereocenters. The summed E-state index contributed by atoms with van der Waals surface area (Å²) in [7, 11) is 1.47. The molecule has 1 amide bonds. The van der Waals surface area contributed by atoms with Crippen LogP contribution in [0.25, 0.3) is 0 Å². The van der Waals surface area contributed by atoms with Crippen LogP contribution in [-0.4, -0.2) is 30.9 Å². The van der Waals surface area contributed by atoms with Gasteiger partial charge in [-0.1, -0.05) is 12.1 Å². The van der Waals surface area contributed by atoms with Crippen LogP contribution < -0.4 is 14.9 Å². The maximum Gasteiger partial charge on any atom is 0.277 e. The molecule has 2 aromatic carbocycles. The molecule has 2 rings (SSSR count). The van der Waals surface area contributed by atoms with Crippen LogP contribution in [0, 0.1) is 20.8 Å². The molecule has 0 atom stereocenters. The van der Waals surface area contributed by atoms with Crippen LogP contribution in [0.4, 0.5) is 0 Å². The van der Waals surface area contributed by atoms with Gasteiger partial charge in [-0.2, -0.15) is 5.10 Å². The SMILES string of the molecule is COc1ccc(/C=N\NC(=O)COc2c(C)ccc(C)c2C)cc1O. The quantitative estimate of drug-likeness (QED) is 0.625. The zero-order valence-corrected chi connectivity index (χ0v) is 14.8. The molecule has 0 aliphatic rings. The number of hydrogen-bond acceptors (Lipinski definition) is 5. The van der Waals surface area contributed by atoms with Crippen LogP contribution in [0.5, 0.6) is 17.2 Å². The number of phenols is 1. The number of benzene rings is 2. The van der Waals surface area contributed by atoms with Crippen molar-refractivity contribution in [1.82, 2.24) is 5.43 Å². The van der Waals surface area contributed by atoms with Crippen LogP contribution >= 0.6 is 0 Å². The van der Waals surface area contributed by atoms with Gasteiger partial charge in [0.1, 0.15) is 5.75 Å². The molecule has 6 nitrogen and oxygen atoms in total. The fraction of sp³-hybridized carbons (Fsp3) is 0.263. The van der Waals surface area contributed by atoms with Gasteiger partial charge < -0.3 is 14.6 Å². The van der Waals surface area contributed by atoms with E-state index in [2.05, 4.69) is 10.5 Å². The first-order valence-corrected chi connectivity index (χ1v) is 7.81.